The van der Waals surface area contributed by atoms with E-state index in [0.29, 0.717) is 36.7 Å². The van der Waals surface area contributed by atoms with E-state index in [1.807, 2.05) is 6.92 Å². The maximum atomic E-state index is 12.3. The number of imide groups is 1. The quantitative estimate of drug-likeness (QED) is 0.273. The van der Waals surface area contributed by atoms with Gasteiger partial charge in [-0.3, -0.25) is 19.2 Å². The molecule has 0 radical (unpaired) electrons. The van der Waals surface area contributed by atoms with Gasteiger partial charge >= 0.3 is 0 Å². The second kappa shape index (κ2) is 9.44. The summed E-state index contributed by atoms with van der Waals surface area (Å²) >= 11 is 0. The molecule has 27 heavy (non-hydrogen) atoms. The van der Waals surface area contributed by atoms with Crippen LogP contribution in [0, 0.1) is 0 Å². The Morgan fingerprint density at radius 2 is 1.81 bits per heavy atom. The molecule has 144 valence electrons. The summed E-state index contributed by atoms with van der Waals surface area (Å²) in [4.78, 5) is 34.5. The molecular weight excluding hydrogens is 461 g/mol. The zero-order valence-electron chi connectivity index (χ0n) is 15.2. The van der Waals surface area contributed by atoms with Gasteiger partial charge in [0, 0.05) is 26.7 Å². The van der Waals surface area contributed by atoms with Crippen LogP contribution in [-0.4, -0.2) is 57.1 Å². The molecule has 2 aromatic rings. The number of aromatic nitrogens is 3. The Morgan fingerprint density at radius 1 is 1.15 bits per heavy atom. The highest BCUT2D eigenvalue weighted by Gasteiger charge is 2.34. The molecule has 0 fully saturated rings. The zero-order chi connectivity index (χ0) is 18.5. The molecular formula is C17H22IN7O2. The summed E-state index contributed by atoms with van der Waals surface area (Å²) in [5, 5.41) is 10.3. The molecule has 1 aliphatic heterocycles. The van der Waals surface area contributed by atoms with E-state index in [-0.39, 0.29) is 42.3 Å². The number of aryl methyl sites for hydroxylation is 1. The lowest BCUT2D eigenvalue weighted by Crippen LogP contribution is -2.43. The lowest BCUT2D eigenvalue weighted by molar-refractivity contribution is 0.0657. The summed E-state index contributed by atoms with van der Waals surface area (Å²) in [5.41, 5.74) is 0.917. The number of guanidine groups is 1. The fourth-order valence-electron chi connectivity index (χ4n) is 2.68. The summed E-state index contributed by atoms with van der Waals surface area (Å²) in [5.74, 6) is 0.816. The molecule has 2 N–H and O–H groups in total. The van der Waals surface area contributed by atoms with Crippen LogP contribution in [-0.2, 0) is 13.6 Å². The van der Waals surface area contributed by atoms with E-state index >= 15 is 0 Å². The van der Waals surface area contributed by atoms with E-state index in [9.17, 15) is 9.59 Å². The van der Waals surface area contributed by atoms with Gasteiger partial charge in [-0.1, -0.05) is 12.1 Å². The van der Waals surface area contributed by atoms with Crippen LogP contribution in [0.5, 0.6) is 0 Å². The predicted molar refractivity (Wildman–Crippen MR) is 111 cm³/mol. The van der Waals surface area contributed by atoms with E-state index in [4.69, 9.17) is 0 Å². The second-order valence-electron chi connectivity index (χ2n) is 5.73. The van der Waals surface area contributed by atoms with Gasteiger partial charge in [0.15, 0.2) is 5.96 Å². The van der Waals surface area contributed by atoms with Crippen molar-refractivity contribution in [2.24, 2.45) is 12.0 Å². The minimum absolute atomic E-state index is 0. The van der Waals surface area contributed by atoms with Gasteiger partial charge in [-0.25, -0.2) is 9.98 Å². The van der Waals surface area contributed by atoms with Gasteiger partial charge in [0.2, 0.25) is 0 Å². The Balaban J connectivity index is 0.00000261. The summed E-state index contributed by atoms with van der Waals surface area (Å²) in [6, 6.07) is 6.87. The van der Waals surface area contributed by atoms with Crippen LogP contribution in [0.1, 0.15) is 33.5 Å². The standard InChI is InChI=1S/C17H21N7O2.HI/c1-3-18-17(20-10-14-21-11-22-23(14)2)19-8-9-24-15(25)12-6-4-5-7-13(12)16(24)26;/h4-7,11H,3,8-10H2,1-2H3,(H2,18,19,20);1H. The Kier molecular flexibility index (Phi) is 7.28. The monoisotopic (exact) mass is 483 g/mol. The average Bonchev–Trinajstić information content (AvgIpc) is 3.16. The van der Waals surface area contributed by atoms with Crippen molar-refractivity contribution in [1.29, 1.82) is 0 Å². The average molecular weight is 483 g/mol. The smallest absolute Gasteiger partial charge is 0.261 e. The first-order chi connectivity index (χ1) is 12.6. The summed E-state index contributed by atoms with van der Waals surface area (Å²) in [6.45, 7) is 3.69. The van der Waals surface area contributed by atoms with Crippen molar-refractivity contribution in [3.63, 3.8) is 0 Å². The number of hydrogen-bond donors (Lipinski definition) is 2. The first kappa shape index (κ1) is 20.8. The van der Waals surface area contributed by atoms with E-state index in [1.54, 1.807) is 36.0 Å². The number of amides is 2. The highest BCUT2D eigenvalue weighted by atomic mass is 127. The molecule has 0 bridgehead atoms. The molecule has 1 aliphatic rings. The normalized spacial score (nSPS) is 13.4. The lowest BCUT2D eigenvalue weighted by atomic mass is 10.1. The van der Waals surface area contributed by atoms with Crippen LogP contribution in [0.25, 0.3) is 0 Å². The van der Waals surface area contributed by atoms with Crippen molar-refractivity contribution >= 4 is 41.8 Å². The molecule has 0 spiro atoms. The number of rotatable bonds is 6. The van der Waals surface area contributed by atoms with Gasteiger partial charge in [-0.05, 0) is 19.1 Å². The van der Waals surface area contributed by atoms with E-state index in [1.165, 1.54) is 11.2 Å². The minimum Gasteiger partial charge on any atom is -0.357 e. The maximum Gasteiger partial charge on any atom is 0.261 e. The van der Waals surface area contributed by atoms with Gasteiger partial charge in [-0.2, -0.15) is 5.10 Å². The largest absolute Gasteiger partial charge is 0.357 e. The third kappa shape index (κ3) is 4.62. The highest BCUT2D eigenvalue weighted by Crippen LogP contribution is 2.21. The highest BCUT2D eigenvalue weighted by molar-refractivity contribution is 14.0. The van der Waals surface area contributed by atoms with Gasteiger partial charge < -0.3 is 10.6 Å². The summed E-state index contributed by atoms with van der Waals surface area (Å²) < 4.78 is 1.66. The molecule has 0 unspecified atom stereocenters. The number of carbonyl (C=O) groups excluding carboxylic acids is 2. The van der Waals surface area contributed by atoms with Crippen molar-refractivity contribution in [2.75, 3.05) is 19.6 Å². The molecule has 0 saturated heterocycles. The van der Waals surface area contributed by atoms with Crippen molar-refractivity contribution in [3.8, 4) is 0 Å². The molecule has 1 aromatic heterocycles. The van der Waals surface area contributed by atoms with Crippen LogP contribution in [0.2, 0.25) is 0 Å². The molecule has 2 heterocycles. The molecule has 3 rings (SSSR count). The number of hydrogen-bond acceptors (Lipinski definition) is 5. The fourth-order valence-corrected chi connectivity index (χ4v) is 2.68. The SMILES string of the molecule is CCNC(=NCc1ncnn1C)NCCN1C(=O)c2ccccc2C1=O.I. The molecule has 2 amide bonds. The van der Waals surface area contributed by atoms with Crippen LogP contribution in [0.4, 0.5) is 0 Å². The first-order valence-corrected chi connectivity index (χ1v) is 8.42. The Bertz CT molecular complexity index is 814. The van der Waals surface area contributed by atoms with Crippen LogP contribution >= 0.6 is 24.0 Å². The van der Waals surface area contributed by atoms with Crippen molar-refractivity contribution in [3.05, 3.63) is 47.5 Å². The van der Waals surface area contributed by atoms with Gasteiger partial charge in [0.1, 0.15) is 18.7 Å². The van der Waals surface area contributed by atoms with Gasteiger partial charge in [0.25, 0.3) is 11.8 Å². The molecule has 0 aliphatic carbocycles. The van der Waals surface area contributed by atoms with Crippen LogP contribution in [0.15, 0.2) is 35.6 Å². The lowest BCUT2D eigenvalue weighted by Gasteiger charge is -2.16. The number of fused-ring (bicyclic) bond motifs is 1. The minimum atomic E-state index is -0.256. The fraction of sp³-hybridized carbons (Fsp3) is 0.353. The van der Waals surface area contributed by atoms with Crippen LogP contribution in [0.3, 0.4) is 0 Å². The number of benzene rings is 1. The van der Waals surface area contributed by atoms with Crippen molar-refractivity contribution in [2.45, 2.75) is 13.5 Å². The Hall–Kier alpha value is -2.50. The zero-order valence-corrected chi connectivity index (χ0v) is 17.5. The second-order valence-corrected chi connectivity index (χ2v) is 5.73. The predicted octanol–water partition coefficient (Wildman–Crippen LogP) is 0.784. The molecule has 0 atom stereocenters. The van der Waals surface area contributed by atoms with E-state index < -0.39 is 0 Å². The number of nitrogens with one attached hydrogen (secondary N) is 2. The van der Waals surface area contributed by atoms with Crippen molar-refractivity contribution < 1.29 is 9.59 Å². The number of carbonyl (C=O) groups is 2. The third-order valence-electron chi connectivity index (χ3n) is 4.03. The molecule has 1 aromatic carbocycles. The summed E-state index contributed by atoms with van der Waals surface area (Å²) in [6.07, 6.45) is 1.48. The summed E-state index contributed by atoms with van der Waals surface area (Å²) in [7, 11) is 1.81. The van der Waals surface area contributed by atoms with Gasteiger partial charge in [0.05, 0.1) is 11.1 Å². The van der Waals surface area contributed by atoms with E-state index in [0.717, 1.165) is 5.82 Å². The third-order valence-corrected chi connectivity index (χ3v) is 4.03. The topological polar surface area (TPSA) is 105 Å². The van der Waals surface area contributed by atoms with Crippen molar-refractivity contribution in [1.82, 2.24) is 30.3 Å². The molecule has 10 heteroatoms. The Labute approximate surface area is 174 Å². The number of nitrogens with zero attached hydrogens (tertiary/aromatic N) is 5. The maximum absolute atomic E-state index is 12.3. The number of halogens is 1. The first-order valence-electron chi connectivity index (χ1n) is 8.42. The van der Waals surface area contributed by atoms with E-state index in [2.05, 4.69) is 25.7 Å². The molecule has 9 nitrogen and oxygen atoms in total. The van der Waals surface area contributed by atoms with Crippen LogP contribution < -0.4 is 10.6 Å². The molecule has 0 saturated carbocycles. The Morgan fingerprint density at radius 3 is 2.37 bits per heavy atom. The number of aliphatic imine (C=N–C) groups is 1. The van der Waals surface area contributed by atoms with Gasteiger partial charge in [-0.15, -0.1) is 24.0 Å².